The van der Waals surface area contributed by atoms with E-state index in [9.17, 15) is 4.79 Å². The van der Waals surface area contributed by atoms with Crippen molar-refractivity contribution in [2.45, 2.75) is 13.3 Å². The van der Waals surface area contributed by atoms with Crippen LogP contribution in [0.2, 0.25) is 0 Å². The van der Waals surface area contributed by atoms with E-state index in [1.54, 1.807) is 6.07 Å². The Morgan fingerprint density at radius 2 is 1.85 bits per heavy atom. The highest BCUT2D eigenvalue weighted by Crippen LogP contribution is 2.30. The number of benzene rings is 2. The predicted octanol–water partition coefficient (Wildman–Crippen LogP) is 3.13. The lowest BCUT2D eigenvalue weighted by Crippen LogP contribution is -2.26. The average Bonchev–Trinajstić information content (AvgIpc) is 3.19. The molecule has 4 rings (SSSR count). The fourth-order valence-electron chi connectivity index (χ4n) is 2.97. The number of carbonyl (C=O) groups excluding carboxylic acids is 1. The van der Waals surface area contributed by atoms with Gasteiger partial charge < -0.3 is 14.8 Å². The first kappa shape index (κ1) is 17.1. The van der Waals surface area contributed by atoms with E-state index in [0.717, 1.165) is 28.3 Å². The fourth-order valence-corrected chi connectivity index (χ4v) is 2.97. The van der Waals surface area contributed by atoms with Crippen LogP contribution in [-0.4, -0.2) is 35.9 Å². The summed E-state index contributed by atoms with van der Waals surface area (Å²) in [5.41, 5.74) is 4.46. The van der Waals surface area contributed by atoms with E-state index in [0.29, 0.717) is 31.9 Å². The summed E-state index contributed by atoms with van der Waals surface area (Å²) in [6, 6.07) is 15.7. The summed E-state index contributed by atoms with van der Waals surface area (Å²) in [5.74, 6) is 1.37. The number of aromatic amines is 1. The Morgan fingerprint density at radius 3 is 2.67 bits per heavy atom. The van der Waals surface area contributed by atoms with E-state index in [2.05, 4.69) is 15.5 Å². The standard InChI is InChI=1S/C21H21N3O3/c1-14-2-5-16(6-3-14)17-13-18(24-23-17)21(25)22-9-8-15-4-7-19-20(12-15)27-11-10-26-19/h2-7,12-13H,8-11H2,1H3,(H,22,25)(H,23,24). The molecule has 6 heteroatoms. The van der Waals surface area contributed by atoms with Crippen LogP contribution in [0.5, 0.6) is 11.5 Å². The minimum absolute atomic E-state index is 0.168. The molecular formula is C21H21N3O3. The van der Waals surface area contributed by atoms with Crippen molar-refractivity contribution in [3.8, 4) is 22.8 Å². The first-order chi connectivity index (χ1) is 13.2. The van der Waals surface area contributed by atoms with Crippen LogP contribution in [0.3, 0.4) is 0 Å². The number of rotatable bonds is 5. The predicted molar refractivity (Wildman–Crippen MR) is 102 cm³/mol. The molecule has 1 aliphatic heterocycles. The molecule has 27 heavy (non-hydrogen) atoms. The van der Waals surface area contributed by atoms with Crippen LogP contribution in [0.1, 0.15) is 21.6 Å². The van der Waals surface area contributed by atoms with Crippen LogP contribution in [0, 0.1) is 6.92 Å². The molecule has 2 heterocycles. The van der Waals surface area contributed by atoms with E-state index < -0.39 is 0 Å². The number of hydrogen-bond donors (Lipinski definition) is 2. The largest absolute Gasteiger partial charge is 0.486 e. The highest BCUT2D eigenvalue weighted by atomic mass is 16.6. The van der Waals surface area contributed by atoms with Crippen LogP contribution in [0.4, 0.5) is 0 Å². The fraction of sp³-hybridized carbons (Fsp3) is 0.238. The Morgan fingerprint density at radius 1 is 1.07 bits per heavy atom. The van der Waals surface area contributed by atoms with Crippen molar-refractivity contribution < 1.29 is 14.3 Å². The number of H-pyrrole nitrogens is 1. The topological polar surface area (TPSA) is 76.2 Å². The van der Waals surface area contributed by atoms with Gasteiger partial charge in [-0.15, -0.1) is 0 Å². The van der Waals surface area contributed by atoms with Crippen LogP contribution >= 0.6 is 0 Å². The monoisotopic (exact) mass is 363 g/mol. The summed E-state index contributed by atoms with van der Waals surface area (Å²) < 4.78 is 11.1. The summed E-state index contributed by atoms with van der Waals surface area (Å²) >= 11 is 0. The third-order valence-electron chi connectivity index (χ3n) is 4.48. The summed E-state index contributed by atoms with van der Waals surface area (Å²) in [7, 11) is 0. The van der Waals surface area contributed by atoms with Gasteiger partial charge in [0.25, 0.3) is 5.91 Å². The van der Waals surface area contributed by atoms with Crippen molar-refractivity contribution in [2.75, 3.05) is 19.8 Å². The summed E-state index contributed by atoms with van der Waals surface area (Å²) in [4.78, 5) is 12.3. The number of hydrogen-bond acceptors (Lipinski definition) is 4. The molecule has 138 valence electrons. The van der Waals surface area contributed by atoms with Crippen LogP contribution < -0.4 is 14.8 Å². The molecule has 0 radical (unpaired) electrons. The molecule has 0 atom stereocenters. The van der Waals surface area contributed by atoms with Crippen molar-refractivity contribution in [3.63, 3.8) is 0 Å². The van der Waals surface area contributed by atoms with Crippen molar-refractivity contribution in [3.05, 3.63) is 65.4 Å². The smallest absolute Gasteiger partial charge is 0.269 e. The van der Waals surface area contributed by atoms with E-state index in [1.165, 1.54) is 5.56 Å². The average molecular weight is 363 g/mol. The second kappa shape index (κ2) is 7.53. The minimum atomic E-state index is -0.168. The molecule has 0 bridgehead atoms. The van der Waals surface area contributed by atoms with E-state index in [4.69, 9.17) is 9.47 Å². The zero-order chi connectivity index (χ0) is 18.6. The molecule has 2 aromatic carbocycles. The van der Waals surface area contributed by atoms with Crippen molar-refractivity contribution in [1.29, 1.82) is 0 Å². The number of fused-ring (bicyclic) bond motifs is 1. The van der Waals surface area contributed by atoms with E-state index >= 15 is 0 Å². The number of aryl methyl sites for hydroxylation is 1. The summed E-state index contributed by atoms with van der Waals surface area (Å²) in [5, 5.41) is 9.96. The molecule has 6 nitrogen and oxygen atoms in total. The lowest BCUT2D eigenvalue weighted by molar-refractivity contribution is 0.0949. The molecule has 3 aromatic rings. The van der Waals surface area contributed by atoms with Gasteiger partial charge in [0, 0.05) is 12.1 Å². The van der Waals surface area contributed by atoms with Crippen molar-refractivity contribution >= 4 is 5.91 Å². The van der Waals surface area contributed by atoms with Gasteiger partial charge in [-0.1, -0.05) is 35.9 Å². The quantitative estimate of drug-likeness (QED) is 0.730. The van der Waals surface area contributed by atoms with Crippen molar-refractivity contribution in [1.82, 2.24) is 15.5 Å². The first-order valence-electron chi connectivity index (χ1n) is 8.98. The highest BCUT2D eigenvalue weighted by Gasteiger charge is 2.13. The molecule has 0 aliphatic carbocycles. The normalized spacial score (nSPS) is 12.6. The zero-order valence-electron chi connectivity index (χ0n) is 15.1. The maximum atomic E-state index is 12.3. The maximum absolute atomic E-state index is 12.3. The molecule has 0 unspecified atom stereocenters. The maximum Gasteiger partial charge on any atom is 0.269 e. The Kier molecular flexibility index (Phi) is 4.78. The van der Waals surface area contributed by atoms with E-state index in [1.807, 2.05) is 49.4 Å². The van der Waals surface area contributed by atoms with Gasteiger partial charge in [0.05, 0.1) is 5.69 Å². The number of aromatic nitrogens is 2. The third-order valence-corrected chi connectivity index (χ3v) is 4.48. The molecule has 2 N–H and O–H groups in total. The number of nitrogens with one attached hydrogen (secondary N) is 2. The van der Waals surface area contributed by atoms with Gasteiger partial charge in [0.1, 0.15) is 18.9 Å². The van der Waals surface area contributed by atoms with Gasteiger partial charge in [0.15, 0.2) is 11.5 Å². The zero-order valence-corrected chi connectivity index (χ0v) is 15.1. The van der Waals surface area contributed by atoms with Gasteiger partial charge >= 0.3 is 0 Å². The highest BCUT2D eigenvalue weighted by molar-refractivity contribution is 5.93. The van der Waals surface area contributed by atoms with Gasteiger partial charge in [0.2, 0.25) is 0 Å². The van der Waals surface area contributed by atoms with E-state index in [-0.39, 0.29) is 5.91 Å². The van der Waals surface area contributed by atoms with Gasteiger partial charge in [-0.05, 0) is 37.1 Å². The Labute approximate surface area is 157 Å². The number of nitrogens with zero attached hydrogens (tertiary/aromatic N) is 1. The van der Waals surface area contributed by atoms with Crippen LogP contribution in [0.15, 0.2) is 48.5 Å². The Bertz CT molecular complexity index is 948. The Hall–Kier alpha value is -3.28. The van der Waals surface area contributed by atoms with Crippen LogP contribution in [-0.2, 0) is 6.42 Å². The van der Waals surface area contributed by atoms with Gasteiger partial charge in [-0.3, -0.25) is 9.89 Å². The molecule has 1 aliphatic rings. The SMILES string of the molecule is Cc1ccc(-c2cc(C(=O)NCCc3ccc4c(c3)OCCO4)[nH]n2)cc1. The molecule has 1 amide bonds. The lowest BCUT2D eigenvalue weighted by Gasteiger charge is -2.18. The minimum Gasteiger partial charge on any atom is -0.486 e. The molecule has 1 aromatic heterocycles. The second-order valence-electron chi connectivity index (χ2n) is 6.52. The summed E-state index contributed by atoms with van der Waals surface area (Å²) in [6.07, 6.45) is 0.710. The van der Waals surface area contributed by atoms with Crippen LogP contribution in [0.25, 0.3) is 11.3 Å². The third kappa shape index (κ3) is 3.95. The van der Waals surface area contributed by atoms with Crippen molar-refractivity contribution in [2.24, 2.45) is 0 Å². The number of ether oxygens (including phenoxy) is 2. The molecular weight excluding hydrogens is 342 g/mol. The molecule has 0 saturated carbocycles. The Balaban J connectivity index is 1.34. The van der Waals surface area contributed by atoms with Gasteiger partial charge in [-0.2, -0.15) is 5.10 Å². The van der Waals surface area contributed by atoms with Gasteiger partial charge in [-0.25, -0.2) is 0 Å². The lowest BCUT2D eigenvalue weighted by atomic mass is 10.1. The summed E-state index contributed by atoms with van der Waals surface area (Å²) in [6.45, 7) is 3.71. The molecule has 0 fully saturated rings. The molecule has 0 spiro atoms. The number of carbonyl (C=O) groups is 1. The first-order valence-corrected chi connectivity index (χ1v) is 8.98. The second-order valence-corrected chi connectivity index (χ2v) is 6.52. The number of amides is 1. The molecule has 0 saturated heterocycles.